The fourth-order valence-corrected chi connectivity index (χ4v) is 3.37. The van der Waals surface area contributed by atoms with E-state index in [0.717, 1.165) is 25.2 Å². The number of H-pyrrole nitrogens is 1. The molecule has 0 spiro atoms. The molecule has 7 heteroatoms. The van der Waals surface area contributed by atoms with Gasteiger partial charge in [-0.3, -0.25) is 9.69 Å². The van der Waals surface area contributed by atoms with Gasteiger partial charge in [0.15, 0.2) is 5.69 Å². The second-order valence-corrected chi connectivity index (χ2v) is 6.20. The Balaban J connectivity index is 1.74. The van der Waals surface area contributed by atoms with Crippen molar-refractivity contribution < 1.29 is 4.79 Å². The highest BCUT2D eigenvalue weighted by Crippen LogP contribution is 2.21. The smallest absolute Gasteiger partial charge is 0.271 e. The van der Waals surface area contributed by atoms with E-state index in [0.29, 0.717) is 5.69 Å². The van der Waals surface area contributed by atoms with Crippen LogP contribution in [0.3, 0.4) is 0 Å². The maximum Gasteiger partial charge on any atom is 0.271 e. The third-order valence-electron chi connectivity index (χ3n) is 3.52. The Kier molecular flexibility index (Phi) is 4.21. The van der Waals surface area contributed by atoms with Crippen molar-refractivity contribution in [3.8, 4) is 11.3 Å². The molecule has 110 valence electrons. The van der Waals surface area contributed by atoms with Crippen LogP contribution in [0.5, 0.6) is 0 Å². The van der Waals surface area contributed by atoms with Gasteiger partial charge in [-0.1, -0.05) is 24.3 Å². The summed E-state index contributed by atoms with van der Waals surface area (Å²) in [5.41, 5.74) is 8.06. The van der Waals surface area contributed by atoms with Crippen LogP contribution < -0.4 is 5.73 Å². The normalized spacial score (nSPS) is 16.0. The molecule has 21 heavy (non-hydrogen) atoms. The predicted molar refractivity (Wildman–Crippen MR) is 82.9 cm³/mol. The van der Waals surface area contributed by atoms with E-state index in [1.54, 1.807) is 0 Å². The van der Waals surface area contributed by atoms with Crippen LogP contribution in [0.25, 0.3) is 11.3 Å². The van der Waals surface area contributed by atoms with Crippen LogP contribution in [0.2, 0.25) is 0 Å². The van der Waals surface area contributed by atoms with Gasteiger partial charge in [0, 0.05) is 36.7 Å². The van der Waals surface area contributed by atoms with E-state index in [2.05, 4.69) is 32.4 Å². The molecule has 1 aliphatic heterocycles. The molecule has 0 aliphatic carbocycles. The summed E-state index contributed by atoms with van der Waals surface area (Å²) in [6.07, 6.45) is 0. The Hall–Kier alpha value is -1.86. The van der Waals surface area contributed by atoms with E-state index in [1.165, 1.54) is 17.1 Å². The molecule has 1 aliphatic rings. The highest BCUT2D eigenvalue weighted by molar-refractivity contribution is 7.99. The summed E-state index contributed by atoms with van der Waals surface area (Å²) in [6, 6.07) is 8.05. The maximum atomic E-state index is 11.3. The lowest BCUT2D eigenvalue weighted by molar-refractivity contribution is 0.0996. The number of nitrogens with two attached hydrogens (primary N) is 1. The highest BCUT2D eigenvalue weighted by Gasteiger charge is 2.15. The van der Waals surface area contributed by atoms with Gasteiger partial charge in [-0.15, -0.1) is 0 Å². The second kappa shape index (κ2) is 6.28. The van der Waals surface area contributed by atoms with Crippen LogP contribution in [0, 0.1) is 0 Å². The van der Waals surface area contributed by atoms with E-state index >= 15 is 0 Å². The largest absolute Gasteiger partial charge is 0.364 e. The molecule has 1 aromatic heterocycles. The van der Waals surface area contributed by atoms with E-state index in [4.69, 9.17) is 5.73 Å². The average Bonchev–Trinajstić information content (AvgIpc) is 2.99. The van der Waals surface area contributed by atoms with Gasteiger partial charge in [0.2, 0.25) is 0 Å². The first-order valence-electron chi connectivity index (χ1n) is 6.84. The van der Waals surface area contributed by atoms with Crippen LogP contribution in [-0.2, 0) is 6.54 Å². The summed E-state index contributed by atoms with van der Waals surface area (Å²) in [6.45, 7) is 3.24. The fraction of sp³-hybridized carbons (Fsp3) is 0.357. The lowest BCUT2D eigenvalue weighted by Crippen LogP contribution is -2.31. The van der Waals surface area contributed by atoms with Crippen molar-refractivity contribution in [2.45, 2.75) is 6.54 Å². The van der Waals surface area contributed by atoms with Crippen molar-refractivity contribution in [3.63, 3.8) is 0 Å². The van der Waals surface area contributed by atoms with Crippen molar-refractivity contribution in [1.82, 2.24) is 20.3 Å². The van der Waals surface area contributed by atoms with Gasteiger partial charge in [0.25, 0.3) is 5.91 Å². The topological polar surface area (TPSA) is 87.9 Å². The molecule has 1 aromatic carbocycles. The maximum absolute atomic E-state index is 11.3. The molecular weight excluding hydrogens is 286 g/mol. The fourth-order valence-electron chi connectivity index (χ4n) is 2.39. The summed E-state index contributed by atoms with van der Waals surface area (Å²) in [4.78, 5) is 13.7. The third-order valence-corrected chi connectivity index (χ3v) is 4.46. The van der Waals surface area contributed by atoms with Crippen molar-refractivity contribution in [2.24, 2.45) is 5.73 Å². The van der Waals surface area contributed by atoms with Crippen LogP contribution in [0.4, 0.5) is 0 Å². The molecule has 3 N–H and O–H groups in total. The number of aromatic amines is 1. The van der Waals surface area contributed by atoms with Crippen molar-refractivity contribution in [1.29, 1.82) is 0 Å². The number of thioether (sulfide) groups is 1. The Labute approximate surface area is 127 Å². The van der Waals surface area contributed by atoms with Crippen LogP contribution >= 0.6 is 11.8 Å². The molecular formula is C14H17N5OS. The lowest BCUT2D eigenvalue weighted by atomic mass is 10.1. The number of benzene rings is 1. The molecule has 0 atom stereocenters. The number of primary amides is 1. The van der Waals surface area contributed by atoms with Crippen molar-refractivity contribution in [3.05, 3.63) is 35.5 Å². The molecule has 1 fully saturated rings. The SMILES string of the molecule is NC(=O)c1n[nH]nc1-c1ccc(CN2CCSCC2)cc1. The molecule has 2 aromatic rings. The molecule has 3 rings (SSSR count). The second-order valence-electron chi connectivity index (χ2n) is 4.97. The Morgan fingerprint density at radius 3 is 2.62 bits per heavy atom. The van der Waals surface area contributed by atoms with Gasteiger partial charge in [-0.05, 0) is 5.56 Å². The summed E-state index contributed by atoms with van der Waals surface area (Å²) < 4.78 is 0. The minimum absolute atomic E-state index is 0.177. The number of rotatable bonds is 4. The zero-order chi connectivity index (χ0) is 14.7. The number of aromatic nitrogens is 3. The lowest BCUT2D eigenvalue weighted by Gasteiger charge is -2.26. The van der Waals surface area contributed by atoms with E-state index in [-0.39, 0.29) is 5.69 Å². The molecule has 1 amide bonds. The van der Waals surface area contributed by atoms with Gasteiger partial charge in [-0.25, -0.2) is 0 Å². The van der Waals surface area contributed by atoms with E-state index in [1.807, 2.05) is 23.9 Å². The zero-order valence-electron chi connectivity index (χ0n) is 11.6. The first-order valence-corrected chi connectivity index (χ1v) is 7.99. The Morgan fingerprint density at radius 1 is 1.24 bits per heavy atom. The summed E-state index contributed by atoms with van der Waals surface area (Å²) in [5, 5.41) is 10.2. The minimum atomic E-state index is -0.575. The monoisotopic (exact) mass is 303 g/mol. The zero-order valence-corrected chi connectivity index (χ0v) is 12.4. The van der Waals surface area contributed by atoms with Gasteiger partial charge < -0.3 is 5.73 Å². The molecule has 0 unspecified atom stereocenters. The van der Waals surface area contributed by atoms with Crippen molar-refractivity contribution in [2.75, 3.05) is 24.6 Å². The van der Waals surface area contributed by atoms with Crippen molar-refractivity contribution >= 4 is 17.7 Å². The molecule has 0 bridgehead atoms. The number of amides is 1. The predicted octanol–water partition coefficient (Wildman–Crippen LogP) is 1.12. The number of carbonyl (C=O) groups excluding carboxylic acids is 1. The van der Waals surface area contributed by atoms with Crippen LogP contribution in [-0.4, -0.2) is 50.8 Å². The Morgan fingerprint density at radius 2 is 1.95 bits per heavy atom. The summed E-state index contributed by atoms with van der Waals surface area (Å²) in [7, 11) is 0. The highest BCUT2D eigenvalue weighted by atomic mass is 32.2. The molecule has 0 radical (unpaired) electrons. The molecule has 1 saturated heterocycles. The number of hydrogen-bond donors (Lipinski definition) is 2. The van der Waals surface area contributed by atoms with Gasteiger partial charge in [-0.2, -0.15) is 27.2 Å². The first kappa shape index (κ1) is 14.1. The van der Waals surface area contributed by atoms with E-state index < -0.39 is 5.91 Å². The average molecular weight is 303 g/mol. The number of carbonyl (C=O) groups is 1. The first-order chi connectivity index (χ1) is 10.2. The number of nitrogens with one attached hydrogen (secondary N) is 1. The minimum Gasteiger partial charge on any atom is -0.364 e. The summed E-state index contributed by atoms with van der Waals surface area (Å²) in [5.74, 6) is 1.84. The van der Waals surface area contributed by atoms with Gasteiger partial charge >= 0.3 is 0 Å². The Bertz CT molecular complexity index is 619. The standard InChI is InChI=1S/C14H17N5OS/c15-14(20)13-12(16-18-17-13)11-3-1-10(2-4-11)9-19-5-7-21-8-6-19/h1-4H,5-9H2,(H2,15,20)(H,16,17,18). The quantitative estimate of drug-likeness (QED) is 0.883. The molecule has 6 nitrogen and oxygen atoms in total. The molecule has 2 heterocycles. The van der Waals surface area contributed by atoms with Gasteiger partial charge in [0.05, 0.1) is 0 Å². The van der Waals surface area contributed by atoms with E-state index in [9.17, 15) is 4.79 Å². The summed E-state index contributed by atoms with van der Waals surface area (Å²) >= 11 is 2.01. The third kappa shape index (κ3) is 3.25. The number of nitrogens with zero attached hydrogens (tertiary/aromatic N) is 3. The number of hydrogen-bond acceptors (Lipinski definition) is 5. The van der Waals surface area contributed by atoms with Crippen LogP contribution in [0.15, 0.2) is 24.3 Å². The van der Waals surface area contributed by atoms with Gasteiger partial charge in [0.1, 0.15) is 5.69 Å². The molecule has 0 saturated carbocycles. The van der Waals surface area contributed by atoms with Crippen LogP contribution in [0.1, 0.15) is 16.1 Å².